The number of hydrogen-bond donors (Lipinski definition) is 0. The summed E-state index contributed by atoms with van der Waals surface area (Å²) in [6.07, 6.45) is 1.01. The molecule has 108 valence electrons. The molecule has 0 aliphatic carbocycles. The zero-order valence-electron chi connectivity index (χ0n) is 12.5. The van der Waals surface area contributed by atoms with Crippen molar-refractivity contribution in [2.45, 2.75) is 19.4 Å². The molecule has 3 rings (SSSR count). The third-order valence-electron chi connectivity index (χ3n) is 4.17. The highest BCUT2D eigenvalue weighted by molar-refractivity contribution is 5.96. The summed E-state index contributed by atoms with van der Waals surface area (Å²) >= 11 is 0. The summed E-state index contributed by atoms with van der Waals surface area (Å²) < 4.78 is 0. The van der Waals surface area contributed by atoms with Gasteiger partial charge in [0.25, 0.3) is 0 Å². The molecule has 3 nitrogen and oxygen atoms in total. The lowest BCUT2D eigenvalue weighted by molar-refractivity contribution is -0.117. The fraction of sp³-hybridized carbons (Fsp3) is 0.278. The number of hydrogen-bond acceptors (Lipinski definition) is 2. The Kier molecular flexibility index (Phi) is 3.65. The van der Waals surface area contributed by atoms with E-state index in [-0.39, 0.29) is 5.91 Å². The molecule has 0 radical (unpaired) electrons. The summed E-state index contributed by atoms with van der Waals surface area (Å²) in [5, 5.41) is 0. The van der Waals surface area contributed by atoms with Gasteiger partial charge in [-0.2, -0.15) is 0 Å². The van der Waals surface area contributed by atoms with Crippen molar-refractivity contribution in [2.24, 2.45) is 0 Å². The maximum atomic E-state index is 12.5. The average molecular weight is 280 g/mol. The monoisotopic (exact) mass is 280 g/mol. The van der Waals surface area contributed by atoms with Crippen molar-refractivity contribution in [3.8, 4) is 0 Å². The minimum absolute atomic E-state index is 0.116. The first kappa shape index (κ1) is 13.7. The molecule has 0 bridgehead atoms. The van der Waals surface area contributed by atoms with Gasteiger partial charge in [0.15, 0.2) is 0 Å². The molecule has 1 aliphatic heterocycles. The van der Waals surface area contributed by atoms with Gasteiger partial charge in [0.2, 0.25) is 5.91 Å². The van der Waals surface area contributed by atoms with Crippen LogP contribution < -0.4 is 9.80 Å². The third kappa shape index (κ3) is 2.64. The summed E-state index contributed by atoms with van der Waals surface area (Å²) in [4.78, 5) is 16.5. The van der Waals surface area contributed by atoms with E-state index in [4.69, 9.17) is 0 Å². The number of rotatable bonds is 3. The van der Waals surface area contributed by atoms with Gasteiger partial charge in [0, 0.05) is 24.5 Å². The van der Waals surface area contributed by atoms with Crippen LogP contribution >= 0.6 is 0 Å². The van der Waals surface area contributed by atoms with E-state index in [0.717, 1.165) is 12.1 Å². The molecule has 0 saturated carbocycles. The second-order valence-electron chi connectivity index (χ2n) is 5.60. The van der Waals surface area contributed by atoms with E-state index in [1.165, 1.54) is 11.3 Å². The number of likely N-dealkylation sites (N-methyl/N-ethyl adjacent to an activating group) is 1. The van der Waals surface area contributed by atoms with Crippen molar-refractivity contribution in [3.63, 3.8) is 0 Å². The maximum absolute atomic E-state index is 12.5. The van der Waals surface area contributed by atoms with Crippen LogP contribution in [0.5, 0.6) is 0 Å². The summed E-state index contributed by atoms with van der Waals surface area (Å²) in [6, 6.07) is 18.5. The molecule has 0 N–H and O–H groups in total. The van der Waals surface area contributed by atoms with Crippen LogP contribution in [0.15, 0.2) is 54.6 Å². The molecular formula is C18H20N2O. The van der Waals surface area contributed by atoms with E-state index < -0.39 is 0 Å². The first-order valence-corrected chi connectivity index (χ1v) is 7.33. The smallest absolute Gasteiger partial charge is 0.246 e. The van der Waals surface area contributed by atoms with Gasteiger partial charge in [-0.25, -0.2) is 0 Å². The second kappa shape index (κ2) is 5.60. The molecule has 2 aromatic rings. The highest BCUT2D eigenvalue weighted by Gasteiger charge is 2.28. The fourth-order valence-electron chi connectivity index (χ4n) is 2.92. The van der Waals surface area contributed by atoms with E-state index >= 15 is 0 Å². The number of fused-ring (bicyclic) bond motifs is 1. The first-order valence-electron chi connectivity index (χ1n) is 7.33. The number of para-hydroxylation sites is 2. The molecule has 1 heterocycles. The largest absolute Gasteiger partial charge is 0.359 e. The van der Waals surface area contributed by atoms with Crippen LogP contribution in [-0.4, -0.2) is 25.5 Å². The van der Waals surface area contributed by atoms with Gasteiger partial charge in [-0.15, -0.1) is 0 Å². The number of carbonyl (C=O) groups is 1. The van der Waals surface area contributed by atoms with E-state index in [2.05, 4.69) is 30.0 Å². The number of anilines is 2. The van der Waals surface area contributed by atoms with Gasteiger partial charge >= 0.3 is 0 Å². The Morgan fingerprint density at radius 2 is 1.81 bits per heavy atom. The molecule has 21 heavy (non-hydrogen) atoms. The molecule has 0 saturated heterocycles. The van der Waals surface area contributed by atoms with E-state index in [1.807, 2.05) is 43.4 Å². The van der Waals surface area contributed by atoms with Gasteiger partial charge in [-0.05, 0) is 37.1 Å². The van der Waals surface area contributed by atoms with Crippen molar-refractivity contribution in [1.82, 2.24) is 0 Å². The number of nitrogens with zero attached hydrogens (tertiary/aromatic N) is 2. The van der Waals surface area contributed by atoms with Gasteiger partial charge in [0.05, 0.1) is 6.54 Å². The fourth-order valence-corrected chi connectivity index (χ4v) is 2.92. The minimum atomic E-state index is 0.116. The minimum Gasteiger partial charge on any atom is -0.359 e. The highest BCUT2D eigenvalue weighted by Crippen LogP contribution is 2.31. The molecule has 1 aliphatic rings. The van der Waals surface area contributed by atoms with Crippen LogP contribution in [0.1, 0.15) is 12.5 Å². The molecule has 0 aromatic heterocycles. The van der Waals surface area contributed by atoms with E-state index in [9.17, 15) is 4.79 Å². The van der Waals surface area contributed by atoms with Crippen LogP contribution in [0.2, 0.25) is 0 Å². The molecule has 0 spiro atoms. The summed E-state index contributed by atoms with van der Waals surface area (Å²) in [5.74, 6) is 0.116. The topological polar surface area (TPSA) is 23.6 Å². The molecule has 2 aromatic carbocycles. The summed E-state index contributed by atoms with van der Waals surface area (Å²) in [5.41, 5.74) is 3.46. The lowest BCUT2D eigenvalue weighted by Crippen LogP contribution is -2.41. The Hall–Kier alpha value is -2.29. The lowest BCUT2D eigenvalue weighted by atomic mass is 10.1. The number of amides is 1. The van der Waals surface area contributed by atoms with Crippen LogP contribution in [-0.2, 0) is 11.2 Å². The normalized spacial score (nSPS) is 16.7. The Morgan fingerprint density at radius 3 is 2.57 bits per heavy atom. The quantitative estimate of drug-likeness (QED) is 0.862. The Bertz CT molecular complexity index is 639. The maximum Gasteiger partial charge on any atom is 0.246 e. The van der Waals surface area contributed by atoms with Gasteiger partial charge < -0.3 is 9.80 Å². The van der Waals surface area contributed by atoms with Gasteiger partial charge in [-0.3, -0.25) is 4.79 Å². The Morgan fingerprint density at radius 1 is 1.14 bits per heavy atom. The zero-order valence-corrected chi connectivity index (χ0v) is 12.5. The third-order valence-corrected chi connectivity index (χ3v) is 4.17. The lowest BCUT2D eigenvalue weighted by Gasteiger charge is -2.27. The van der Waals surface area contributed by atoms with Crippen LogP contribution in [0, 0.1) is 0 Å². The molecular weight excluding hydrogens is 260 g/mol. The molecule has 1 amide bonds. The molecule has 1 unspecified atom stereocenters. The van der Waals surface area contributed by atoms with Gasteiger partial charge in [-0.1, -0.05) is 36.4 Å². The average Bonchev–Trinajstić information content (AvgIpc) is 2.83. The van der Waals surface area contributed by atoms with Crippen molar-refractivity contribution >= 4 is 17.3 Å². The van der Waals surface area contributed by atoms with E-state index in [1.54, 1.807) is 4.90 Å². The standard InChI is InChI=1S/C18H20N2O/c1-14-12-15-8-6-7-11-17(15)20(14)13-18(21)19(2)16-9-4-3-5-10-16/h3-11,14H,12-13H2,1-2H3. The van der Waals surface area contributed by atoms with Crippen molar-refractivity contribution in [3.05, 3.63) is 60.2 Å². The van der Waals surface area contributed by atoms with Crippen LogP contribution in [0.25, 0.3) is 0 Å². The number of benzene rings is 2. The SMILES string of the molecule is CC1Cc2ccccc2N1CC(=O)N(C)c1ccccc1. The first-order chi connectivity index (χ1) is 10.2. The van der Waals surface area contributed by atoms with Crippen molar-refractivity contribution in [1.29, 1.82) is 0 Å². The van der Waals surface area contributed by atoms with Crippen LogP contribution in [0.4, 0.5) is 11.4 Å². The number of carbonyl (C=O) groups excluding carboxylic acids is 1. The van der Waals surface area contributed by atoms with E-state index in [0.29, 0.717) is 12.6 Å². The van der Waals surface area contributed by atoms with Crippen molar-refractivity contribution < 1.29 is 4.79 Å². The Labute approximate surface area is 125 Å². The van der Waals surface area contributed by atoms with Crippen LogP contribution in [0.3, 0.4) is 0 Å². The molecule has 0 fully saturated rings. The molecule has 1 atom stereocenters. The zero-order chi connectivity index (χ0) is 14.8. The van der Waals surface area contributed by atoms with Gasteiger partial charge in [0.1, 0.15) is 0 Å². The highest BCUT2D eigenvalue weighted by atomic mass is 16.2. The molecule has 3 heteroatoms. The summed E-state index contributed by atoms with van der Waals surface area (Å²) in [6.45, 7) is 2.60. The predicted octanol–water partition coefficient (Wildman–Crippen LogP) is 3.10. The predicted molar refractivity (Wildman–Crippen MR) is 86.8 cm³/mol. The Balaban J connectivity index is 1.76. The summed E-state index contributed by atoms with van der Waals surface area (Å²) in [7, 11) is 1.84. The second-order valence-corrected chi connectivity index (χ2v) is 5.60. The van der Waals surface area contributed by atoms with Crippen molar-refractivity contribution in [2.75, 3.05) is 23.4 Å².